The monoisotopic (exact) mass is 441 g/mol. The van der Waals surface area contributed by atoms with E-state index < -0.39 is 0 Å². The van der Waals surface area contributed by atoms with Crippen LogP contribution in [0.1, 0.15) is 34.0 Å². The normalized spacial score (nSPS) is 15.0. The molecule has 1 aromatic heterocycles. The number of carbonyl (C=O) groups excluding carboxylic acids is 1. The van der Waals surface area contributed by atoms with Gasteiger partial charge in [-0.3, -0.25) is 0 Å². The van der Waals surface area contributed by atoms with Crippen LogP contribution in [0, 0.1) is 13.8 Å². The topological polar surface area (TPSA) is 37.3 Å². The summed E-state index contributed by atoms with van der Waals surface area (Å²) in [5.74, 6) is 0. The molecule has 0 bridgehead atoms. The van der Waals surface area contributed by atoms with Gasteiger partial charge in [0.15, 0.2) is 0 Å². The van der Waals surface area contributed by atoms with Crippen molar-refractivity contribution < 1.29 is 4.79 Å². The van der Waals surface area contributed by atoms with E-state index in [1.807, 2.05) is 48.2 Å². The fraction of sp³-hybridized carbons (Fsp3) is 0.148. The van der Waals surface area contributed by atoms with Crippen LogP contribution in [0.5, 0.6) is 0 Å². The van der Waals surface area contributed by atoms with Crippen molar-refractivity contribution >= 4 is 23.3 Å². The van der Waals surface area contributed by atoms with E-state index in [-0.39, 0.29) is 12.1 Å². The molecule has 0 saturated heterocycles. The molecule has 1 aliphatic heterocycles. The molecule has 2 heterocycles. The largest absolute Gasteiger partial charge is 0.322 e. The lowest BCUT2D eigenvalue weighted by Gasteiger charge is -2.31. The number of amides is 2. The third-order valence-electron chi connectivity index (χ3n) is 6.01. The summed E-state index contributed by atoms with van der Waals surface area (Å²) in [4.78, 5) is 15.6. The van der Waals surface area contributed by atoms with Gasteiger partial charge in [-0.1, -0.05) is 65.7 Å². The van der Waals surface area contributed by atoms with E-state index in [0.29, 0.717) is 17.3 Å². The lowest BCUT2D eigenvalue weighted by Crippen LogP contribution is -2.38. The smallest absolute Gasteiger partial charge is 0.318 e. The Labute approximate surface area is 193 Å². The van der Waals surface area contributed by atoms with Gasteiger partial charge in [-0.05, 0) is 60.9 Å². The predicted octanol–water partition coefficient (Wildman–Crippen LogP) is 6.88. The molecule has 5 heteroatoms. The number of anilines is 1. The lowest BCUT2D eigenvalue weighted by molar-refractivity contribution is 0.194. The molecule has 2 amide bonds. The first-order chi connectivity index (χ1) is 15.5. The van der Waals surface area contributed by atoms with Crippen molar-refractivity contribution in [3.05, 3.63) is 118 Å². The number of urea groups is 1. The first-order valence-corrected chi connectivity index (χ1v) is 11.0. The minimum absolute atomic E-state index is 0.166. The zero-order chi connectivity index (χ0) is 22.2. The van der Waals surface area contributed by atoms with Gasteiger partial charge < -0.3 is 14.8 Å². The molecule has 4 nitrogen and oxygen atoms in total. The SMILES string of the molecule is Cc1cccc(C2c3cccn3-c3ccccc3CN2C(=O)Nc2ccc(C)c(Cl)c2)c1. The van der Waals surface area contributed by atoms with Crippen LogP contribution in [-0.2, 0) is 6.54 Å². The summed E-state index contributed by atoms with van der Waals surface area (Å²) >= 11 is 6.30. The Kier molecular flexibility index (Phi) is 5.24. The number of hydrogen-bond acceptors (Lipinski definition) is 1. The van der Waals surface area contributed by atoms with Gasteiger partial charge in [0.05, 0.1) is 18.3 Å². The number of halogens is 1. The number of nitrogens with one attached hydrogen (secondary N) is 1. The highest BCUT2D eigenvalue weighted by Gasteiger charge is 2.33. The van der Waals surface area contributed by atoms with Crippen LogP contribution in [0.2, 0.25) is 5.02 Å². The van der Waals surface area contributed by atoms with Crippen LogP contribution in [-0.4, -0.2) is 15.5 Å². The predicted molar refractivity (Wildman–Crippen MR) is 130 cm³/mol. The molecule has 1 unspecified atom stereocenters. The first-order valence-electron chi connectivity index (χ1n) is 10.7. The third kappa shape index (κ3) is 3.67. The van der Waals surface area contributed by atoms with Crippen LogP contribution < -0.4 is 5.32 Å². The second-order valence-corrected chi connectivity index (χ2v) is 8.68. The van der Waals surface area contributed by atoms with E-state index in [1.54, 1.807) is 6.07 Å². The third-order valence-corrected chi connectivity index (χ3v) is 6.41. The molecule has 1 atom stereocenters. The summed E-state index contributed by atoms with van der Waals surface area (Å²) in [6.45, 7) is 4.51. The molecular weight excluding hydrogens is 418 g/mol. The van der Waals surface area contributed by atoms with Crippen molar-refractivity contribution in [3.8, 4) is 5.69 Å². The number of carbonyl (C=O) groups is 1. The van der Waals surface area contributed by atoms with Gasteiger partial charge in [0.1, 0.15) is 0 Å². The average Bonchev–Trinajstić information content (AvgIpc) is 3.20. The summed E-state index contributed by atoms with van der Waals surface area (Å²) in [7, 11) is 0. The van der Waals surface area contributed by atoms with Gasteiger partial charge in [0, 0.05) is 22.6 Å². The van der Waals surface area contributed by atoms with Crippen molar-refractivity contribution in [3.63, 3.8) is 0 Å². The number of hydrogen-bond donors (Lipinski definition) is 1. The Morgan fingerprint density at radius 3 is 2.62 bits per heavy atom. The number of fused-ring (bicyclic) bond motifs is 3. The van der Waals surface area contributed by atoms with Crippen molar-refractivity contribution in [2.75, 3.05) is 5.32 Å². The zero-order valence-corrected chi connectivity index (χ0v) is 18.8. The molecule has 1 aliphatic rings. The Morgan fingerprint density at radius 1 is 0.969 bits per heavy atom. The molecule has 0 aliphatic carbocycles. The second-order valence-electron chi connectivity index (χ2n) is 8.27. The van der Waals surface area contributed by atoms with Gasteiger partial charge >= 0.3 is 6.03 Å². The molecule has 4 aromatic rings. The summed E-state index contributed by atoms with van der Waals surface area (Å²) in [6.07, 6.45) is 2.07. The van der Waals surface area contributed by atoms with Gasteiger partial charge in [-0.2, -0.15) is 0 Å². The highest BCUT2D eigenvalue weighted by Crippen LogP contribution is 2.37. The van der Waals surface area contributed by atoms with E-state index in [9.17, 15) is 4.79 Å². The van der Waals surface area contributed by atoms with Crippen LogP contribution in [0.3, 0.4) is 0 Å². The maximum absolute atomic E-state index is 13.7. The number of benzene rings is 3. The Morgan fingerprint density at radius 2 is 1.81 bits per heavy atom. The molecule has 0 saturated carbocycles. The molecular formula is C27H24ClN3O. The molecule has 1 N–H and O–H groups in total. The van der Waals surface area contributed by atoms with E-state index >= 15 is 0 Å². The summed E-state index contributed by atoms with van der Waals surface area (Å²) in [5, 5.41) is 3.70. The zero-order valence-electron chi connectivity index (χ0n) is 18.0. The molecule has 5 rings (SSSR count). The van der Waals surface area contributed by atoms with Crippen molar-refractivity contribution in [2.24, 2.45) is 0 Å². The van der Waals surface area contributed by atoms with Gasteiger partial charge in [0.25, 0.3) is 0 Å². The van der Waals surface area contributed by atoms with E-state index in [1.165, 1.54) is 0 Å². The molecule has 160 valence electrons. The highest BCUT2D eigenvalue weighted by molar-refractivity contribution is 6.31. The van der Waals surface area contributed by atoms with Crippen LogP contribution in [0.25, 0.3) is 5.69 Å². The number of nitrogens with zero attached hydrogens (tertiary/aromatic N) is 2. The highest BCUT2D eigenvalue weighted by atomic mass is 35.5. The fourth-order valence-electron chi connectivity index (χ4n) is 4.40. The standard InChI is InChI=1S/C27H24ClN3O/c1-18-7-5-9-20(15-18)26-25-11-6-14-30(25)24-10-4-3-8-21(24)17-31(26)27(32)29-22-13-12-19(2)23(28)16-22/h3-16,26H,17H2,1-2H3,(H,29,32). The van der Waals surface area contributed by atoms with Crippen molar-refractivity contribution in [2.45, 2.75) is 26.4 Å². The van der Waals surface area contributed by atoms with Crippen molar-refractivity contribution in [1.82, 2.24) is 9.47 Å². The molecule has 0 spiro atoms. The fourth-order valence-corrected chi connectivity index (χ4v) is 4.58. The van der Waals surface area contributed by atoms with Crippen LogP contribution >= 0.6 is 11.6 Å². The first kappa shape index (κ1) is 20.4. The molecule has 32 heavy (non-hydrogen) atoms. The van der Waals surface area contributed by atoms with E-state index in [4.69, 9.17) is 11.6 Å². The van der Waals surface area contributed by atoms with Crippen LogP contribution in [0.4, 0.5) is 10.5 Å². The lowest BCUT2D eigenvalue weighted by atomic mass is 10.00. The molecule has 3 aromatic carbocycles. The summed E-state index contributed by atoms with van der Waals surface area (Å²) in [6, 6.07) is 25.9. The summed E-state index contributed by atoms with van der Waals surface area (Å²) < 4.78 is 2.19. The number of para-hydroxylation sites is 1. The van der Waals surface area contributed by atoms with E-state index in [0.717, 1.165) is 33.6 Å². The Hall–Kier alpha value is -3.50. The molecule has 0 fully saturated rings. The van der Waals surface area contributed by atoms with Gasteiger partial charge in [0.2, 0.25) is 0 Å². The number of aryl methyl sites for hydroxylation is 2. The minimum atomic E-state index is -0.238. The molecule has 0 radical (unpaired) electrons. The van der Waals surface area contributed by atoms with Crippen molar-refractivity contribution in [1.29, 1.82) is 0 Å². The second kappa shape index (κ2) is 8.21. The maximum atomic E-state index is 13.7. The Bertz CT molecular complexity index is 1310. The summed E-state index contributed by atoms with van der Waals surface area (Å²) in [5.41, 5.74) is 7.14. The van der Waals surface area contributed by atoms with Gasteiger partial charge in [-0.25, -0.2) is 4.79 Å². The Balaban J connectivity index is 1.63. The number of aromatic nitrogens is 1. The van der Waals surface area contributed by atoms with Gasteiger partial charge in [-0.15, -0.1) is 0 Å². The maximum Gasteiger partial charge on any atom is 0.322 e. The van der Waals surface area contributed by atoms with E-state index in [2.05, 4.69) is 59.4 Å². The van der Waals surface area contributed by atoms with Crippen LogP contribution in [0.15, 0.2) is 85.1 Å². The quantitative estimate of drug-likeness (QED) is 0.361. The minimum Gasteiger partial charge on any atom is -0.318 e. The average molecular weight is 442 g/mol. The number of rotatable bonds is 2.